The number of aliphatic hydroxyl groups excluding tert-OH is 1. The molecule has 0 aliphatic carbocycles. The van der Waals surface area contributed by atoms with Crippen molar-refractivity contribution in [3.05, 3.63) is 59.7 Å². The highest BCUT2D eigenvalue weighted by molar-refractivity contribution is 5.59. The Morgan fingerprint density at radius 2 is 1.83 bits per heavy atom. The molecule has 0 saturated heterocycles. The van der Waals surface area contributed by atoms with Gasteiger partial charge in [-0.3, -0.25) is 0 Å². The van der Waals surface area contributed by atoms with Gasteiger partial charge in [0.15, 0.2) is 0 Å². The first-order valence-electron chi connectivity index (χ1n) is 5.86. The third-order valence-electron chi connectivity index (χ3n) is 2.95. The van der Waals surface area contributed by atoms with Crippen LogP contribution in [0, 0.1) is 0 Å². The highest BCUT2D eigenvalue weighted by Gasteiger charge is 2.14. The number of nitrogen functional groups attached to an aromatic ring is 1. The third kappa shape index (κ3) is 2.63. The minimum absolute atomic E-state index is 0.503. The van der Waals surface area contributed by atoms with Gasteiger partial charge in [0.05, 0.1) is 18.9 Å². The molecule has 3 N–H and O–H groups in total. The summed E-state index contributed by atoms with van der Waals surface area (Å²) in [6.45, 7) is 0. The van der Waals surface area contributed by atoms with E-state index in [1.807, 2.05) is 42.5 Å². The van der Waals surface area contributed by atoms with Crippen LogP contribution in [0.3, 0.4) is 0 Å². The Bertz CT molecular complexity index is 511. The number of rotatable bonds is 4. The number of benzene rings is 2. The standard InChI is InChI=1S/C15H17NO2/c1-18-14-9-5-8-12(15(14)16)13(17)10-11-6-3-2-4-7-11/h2-9,13,17H,10,16H2,1H3. The fraction of sp³-hybridized carbons (Fsp3) is 0.200. The van der Waals surface area contributed by atoms with Gasteiger partial charge in [-0.25, -0.2) is 0 Å². The maximum absolute atomic E-state index is 10.2. The summed E-state index contributed by atoms with van der Waals surface area (Å²) in [4.78, 5) is 0. The molecule has 0 fully saturated rings. The number of hydrogen-bond acceptors (Lipinski definition) is 3. The second-order valence-electron chi connectivity index (χ2n) is 4.17. The zero-order valence-corrected chi connectivity index (χ0v) is 10.3. The molecule has 0 aliphatic heterocycles. The molecule has 2 rings (SSSR count). The smallest absolute Gasteiger partial charge is 0.142 e. The first-order valence-corrected chi connectivity index (χ1v) is 5.86. The van der Waals surface area contributed by atoms with Crippen molar-refractivity contribution < 1.29 is 9.84 Å². The van der Waals surface area contributed by atoms with E-state index in [1.165, 1.54) is 0 Å². The van der Waals surface area contributed by atoms with Crippen molar-refractivity contribution in [3.63, 3.8) is 0 Å². The van der Waals surface area contributed by atoms with Crippen LogP contribution in [0.15, 0.2) is 48.5 Å². The zero-order valence-electron chi connectivity index (χ0n) is 10.3. The lowest BCUT2D eigenvalue weighted by atomic mass is 10.00. The molecule has 0 bridgehead atoms. The first-order chi connectivity index (χ1) is 8.72. The van der Waals surface area contributed by atoms with Gasteiger partial charge >= 0.3 is 0 Å². The molecule has 0 heterocycles. The monoisotopic (exact) mass is 243 g/mol. The molecule has 1 unspecified atom stereocenters. The molecule has 0 saturated carbocycles. The van der Waals surface area contributed by atoms with Crippen LogP contribution >= 0.6 is 0 Å². The molecule has 0 amide bonds. The van der Waals surface area contributed by atoms with Gasteiger partial charge in [0.2, 0.25) is 0 Å². The average molecular weight is 243 g/mol. The lowest BCUT2D eigenvalue weighted by molar-refractivity contribution is 0.179. The Labute approximate surface area is 107 Å². The lowest BCUT2D eigenvalue weighted by Crippen LogP contribution is -2.06. The van der Waals surface area contributed by atoms with E-state index in [0.29, 0.717) is 23.4 Å². The number of nitrogens with two attached hydrogens (primary N) is 1. The summed E-state index contributed by atoms with van der Waals surface area (Å²) in [5, 5.41) is 10.2. The molecule has 1 atom stereocenters. The highest BCUT2D eigenvalue weighted by atomic mass is 16.5. The predicted octanol–water partition coefficient (Wildman–Crippen LogP) is 2.55. The van der Waals surface area contributed by atoms with Crippen LogP contribution in [-0.4, -0.2) is 12.2 Å². The van der Waals surface area contributed by atoms with E-state index in [9.17, 15) is 5.11 Å². The molecule has 18 heavy (non-hydrogen) atoms. The summed E-state index contributed by atoms with van der Waals surface area (Å²) in [5.74, 6) is 0.597. The quantitative estimate of drug-likeness (QED) is 0.811. The summed E-state index contributed by atoms with van der Waals surface area (Å²) in [6.07, 6.45) is -0.0828. The van der Waals surface area contributed by atoms with Crippen LogP contribution < -0.4 is 10.5 Å². The van der Waals surface area contributed by atoms with Crippen LogP contribution in [0.5, 0.6) is 5.75 Å². The number of hydrogen-bond donors (Lipinski definition) is 2. The summed E-state index contributed by atoms with van der Waals surface area (Å²) in [6, 6.07) is 15.3. The maximum Gasteiger partial charge on any atom is 0.142 e. The van der Waals surface area contributed by atoms with Crippen LogP contribution in [0.25, 0.3) is 0 Å². The topological polar surface area (TPSA) is 55.5 Å². The number of para-hydroxylation sites is 1. The van der Waals surface area contributed by atoms with Crippen molar-refractivity contribution >= 4 is 5.69 Å². The van der Waals surface area contributed by atoms with Crippen molar-refractivity contribution in [1.82, 2.24) is 0 Å². The molecule has 0 aliphatic rings. The Hall–Kier alpha value is -2.00. The number of aliphatic hydroxyl groups is 1. The van der Waals surface area contributed by atoms with Gasteiger partial charge in [0, 0.05) is 12.0 Å². The third-order valence-corrected chi connectivity index (χ3v) is 2.95. The summed E-state index contributed by atoms with van der Waals surface area (Å²) < 4.78 is 5.15. The molecular weight excluding hydrogens is 226 g/mol. The molecule has 2 aromatic carbocycles. The lowest BCUT2D eigenvalue weighted by Gasteiger charge is -2.15. The Morgan fingerprint density at radius 3 is 2.50 bits per heavy atom. The number of methoxy groups -OCH3 is 1. The van der Waals surface area contributed by atoms with Crippen molar-refractivity contribution in [2.45, 2.75) is 12.5 Å². The highest BCUT2D eigenvalue weighted by Crippen LogP contribution is 2.30. The molecule has 0 aromatic heterocycles. The van der Waals surface area contributed by atoms with Gasteiger partial charge in [-0.05, 0) is 11.6 Å². The van der Waals surface area contributed by atoms with Crippen LogP contribution in [-0.2, 0) is 6.42 Å². The van der Waals surface area contributed by atoms with Crippen LogP contribution in [0.4, 0.5) is 5.69 Å². The second kappa shape index (κ2) is 5.56. The Kier molecular flexibility index (Phi) is 3.85. The zero-order chi connectivity index (χ0) is 13.0. The van der Waals surface area contributed by atoms with E-state index in [1.54, 1.807) is 13.2 Å². The van der Waals surface area contributed by atoms with Crippen molar-refractivity contribution in [1.29, 1.82) is 0 Å². The molecule has 0 spiro atoms. The van der Waals surface area contributed by atoms with E-state index >= 15 is 0 Å². The SMILES string of the molecule is COc1cccc(C(O)Cc2ccccc2)c1N. The van der Waals surface area contributed by atoms with Gasteiger partial charge in [-0.2, -0.15) is 0 Å². The van der Waals surface area contributed by atoms with E-state index in [-0.39, 0.29) is 0 Å². The molecule has 2 aromatic rings. The predicted molar refractivity (Wildman–Crippen MR) is 72.5 cm³/mol. The maximum atomic E-state index is 10.2. The minimum atomic E-state index is -0.623. The van der Waals surface area contributed by atoms with Crippen molar-refractivity contribution in [3.8, 4) is 5.75 Å². The summed E-state index contributed by atoms with van der Waals surface area (Å²) >= 11 is 0. The van der Waals surface area contributed by atoms with Crippen LogP contribution in [0.2, 0.25) is 0 Å². The van der Waals surface area contributed by atoms with Gasteiger partial charge in [-0.15, -0.1) is 0 Å². The molecule has 0 radical (unpaired) electrons. The van der Waals surface area contributed by atoms with Gasteiger partial charge < -0.3 is 15.6 Å². The molecule has 94 valence electrons. The van der Waals surface area contributed by atoms with Crippen molar-refractivity contribution in [2.75, 3.05) is 12.8 Å². The first kappa shape index (κ1) is 12.5. The Morgan fingerprint density at radius 1 is 1.11 bits per heavy atom. The molecule has 3 nitrogen and oxygen atoms in total. The largest absolute Gasteiger partial charge is 0.495 e. The Balaban J connectivity index is 2.21. The fourth-order valence-corrected chi connectivity index (χ4v) is 1.98. The van der Waals surface area contributed by atoms with E-state index in [2.05, 4.69) is 0 Å². The summed E-state index contributed by atoms with van der Waals surface area (Å²) in [5.41, 5.74) is 8.25. The number of ether oxygens (including phenoxy) is 1. The second-order valence-corrected chi connectivity index (χ2v) is 4.17. The minimum Gasteiger partial charge on any atom is -0.495 e. The van der Waals surface area contributed by atoms with Crippen molar-refractivity contribution in [2.24, 2.45) is 0 Å². The van der Waals surface area contributed by atoms with Crippen LogP contribution in [0.1, 0.15) is 17.2 Å². The van der Waals surface area contributed by atoms with E-state index in [4.69, 9.17) is 10.5 Å². The van der Waals surface area contributed by atoms with E-state index in [0.717, 1.165) is 5.56 Å². The summed E-state index contributed by atoms with van der Waals surface area (Å²) in [7, 11) is 1.57. The average Bonchev–Trinajstić information content (AvgIpc) is 2.40. The van der Waals surface area contributed by atoms with Gasteiger partial charge in [0.25, 0.3) is 0 Å². The molecular formula is C15H17NO2. The number of anilines is 1. The molecule has 3 heteroatoms. The normalized spacial score (nSPS) is 12.1. The van der Waals surface area contributed by atoms with Gasteiger partial charge in [-0.1, -0.05) is 42.5 Å². The fourth-order valence-electron chi connectivity index (χ4n) is 1.98. The van der Waals surface area contributed by atoms with Gasteiger partial charge in [0.1, 0.15) is 5.75 Å². The van der Waals surface area contributed by atoms with E-state index < -0.39 is 6.10 Å².